The van der Waals surface area contributed by atoms with Gasteiger partial charge in [-0.25, -0.2) is 14.6 Å². The number of thioether (sulfide) groups is 1. The summed E-state index contributed by atoms with van der Waals surface area (Å²) >= 11 is 8.09. The Labute approximate surface area is 296 Å². The van der Waals surface area contributed by atoms with Gasteiger partial charge in [0.2, 0.25) is 6.10 Å². The maximum absolute atomic E-state index is 13.5. The van der Waals surface area contributed by atoms with Crippen LogP contribution in [0.4, 0.5) is 10.8 Å². The lowest BCUT2D eigenvalue weighted by Gasteiger charge is -2.49. The van der Waals surface area contributed by atoms with Gasteiger partial charge in [-0.15, -0.1) is 23.1 Å². The molecule has 2 amide bonds. The number of halogens is 1. The number of thiazole rings is 1. The molecule has 3 aliphatic rings. The molecule has 0 radical (unpaired) electrons. The van der Waals surface area contributed by atoms with Crippen LogP contribution in [0.15, 0.2) is 76.4 Å². The third-order valence-electron chi connectivity index (χ3n) is 7.85. The molecule has 2 aromatic carbocycles. The zero-order valence-corrected chi connectivity index (χ0v) is 28.0. The van der Waals surface area contributed by atoms with Crippen molar-refractivity contribution >= 4 is 81.1 Å². The molecular formula is C32H27ClN6O9S2. The molecule has 1 aromatic heterocycles. The van der Waals surface area contributed by atoms with E-state index in [9.17, 15) is 39.6 Å². The minimum Gasteiger partial charge on any atom is -0.504 e. The minimum atomic E-state index is -1.90. The number of rotatable bonds is 11. The number of phenolic OH excluding ortho intramolecular Hbond substituents is 2. The molecule has 0 bridgehead atoms. The molecule has 3 atom stereocenters. The fourth-order valence-corrected chi connectivity index (χ4v) is 7.60. The van der Waals surface area contributed by atoms with Crippen LogP contribution in [0.5, 0.6) is 11.5 Å². The Kier molecular flexibility index (Phi) is 9.72. The number of nitrogen functional groups attached to an aromatic ring is 1. The average Bonchev–Trinajstić information content (AvgIpc) is 3.52. The average molecular weight is 739 g/mol. The maximum Gasteiger partial charge on any atom is 0.352 e. The molecular weight excluding hydrogens is 712 g/mol. The number of hydrogen-bond acceptors (Lipinski definition) is 13. The van der Waals surface area contributed by atoms with Gasteiger partial charge in [0.05, 0.1) is 5.02 Å². The van der Waals surface area contributed by atoms with Crippen LogP contribution in [0.3, 0.4) is 0 Å². The number of nitrogens with one attached hydrogen (secondary N) is 1. The molecule has 1 fully saturated rings. The van der Waals surface area contributed by atoms with E-state index in [4.69, 9.17) is 22.2 Å². The quantitative estimate of drug-likeness (QED) is 0.0720. The van der Waals surface area contributed by atoms with Crippen molar-refractivity contribution in [1.29, 1.82) is 0 Å². The summed E-state index contributed by atoms with van der Waals surface area (Å²) in [7, 11) is 0. The monoisotopic (exact) mass is 738 g/mol. The van der Waals surface area contributed by atoms with Gasteiger partial charge < -0.3 is 41.2 Å². The SMILES string of the molecule is Nc1nc(C(=NOC(C(=O)O)c2cc(O)c(O)c(Cl)c2)C(=O)NC2C(=O)N3C(C(=O)O)=C(C=CCN4CC=Cc5ccccc54)CSC23)cs1. The number of nitrogens with zero attached hydrogens (tertiary/aromatic N) is 4. The van der Waals surface area contributed by atoms with Crippen LogP contribution in [0.25, 0.3) is 6.08 Å². The van der Waals surface area contributed by atoms with Crippen LogP contribution < -0.4 is 16.0 Å². The number of para-hydroxylation sites is 1. The lowest BCUT2D eigenvalue weighted by atomic mass is 10.0. The van der Waals surface area contributed by atoms with Gasteiger partial charge in [-0.1, -0.05) is 59.3 Å². The summed E-state index contributed by atoms with van der Waals surface area (Å²) in [5, 5.41) is 46.1. The van der Waals surface area contributed by atoms with Crippen molar-refractivity contribution in [3.8, 4) is 11.5 Å². The number of benzene rings is 2. The number of carboxylic acids is 2. The lowest BCUT2D eigenvalue weighted by molar-refractivity contribution is -0.151. The fourth-order valence-electron chi connectivity index (χ4n) is 5.51. The Morgan fingerprint density at radius 1 is 1.22 bits per heavy atom. The normalized spacial score (nSPS) is 19.1. The van der Waals surface area contributed by atoms with E-state index in [0.717, 1.165) is 39.6 Å². The van der Waals surface area contributed by atoms with E-state index < -0.39 is 58.5 Å². The first-order chi connectivity index (χ1) is 23.9. The summed E-state index contributed by atoms with van der Waals surface area (Å²) in [6.45, 7) is 1.19. The van der Waals surface area contributed by atoms with E-state index in [1.165, 1.54) is 17.1 Å². The Morgan fingerprint density at radius 2 is 2.00 bits per heavy atom. The molecule has 3 aliphatic heterocycles. The first-order valence-electron chi connectivity index (χ1n) is 14.7. The molecule has 0 saturated carbocycles. The van der Waals surface area contributed by atoms with Crippen LogP contribution in [0.2, 0.25) is 5.02 Å². The summed E-state index contributed by atoms with van der Waals surface area (Å²) in [5.41, 5.74) is 7.29. The number of carboxylic acid groups (broad SMARTS) is 2. The van der Waals surface area contributed by atoms with E-state index in [2.05, 4.69) is 20.4 Å². The topological polar surface area (TPSA) is 228 Å². The van der Waals surface area contributed by atoms with Crippen molar-refractivity contribution in [1.82, 2.24) is 15.2 Å². The number of fused-ring (bicyclic) bond motifs is 2. The second kappa shape index (κ2) is 14.1. The van der Waals surface area contributed by atoms with Gasteiger partial charge in [-0.05, 0) is 29.3 Å². The van der Waals surface area contributed by atoms with Gasteiger partial charge >= 0.3 is 11.9 Å². The molecule has 3 aromatic rings. The van der Waals surface area contributed by atoms with Crippen LogP contribution in [0, 0.1) is 0 Å². The van der Waals surface area contributed by atoms with Crippen molar-refractivity contribution in [3.63, 3.8) is 0 Å². The van der Waals surface area contributed by atoms with E-state index in [1.807, 2.05) is 42.5 Å². The maximum atomic E-state index is 13.5. The van der Waals surface area contributed by atoms with Crippen LogP contribution in [-0.4, -0.2) is 90.0 Å². The number of carbonyl (C=O) groups is 4. The molecule has 18 heteroatoms. The zero-order valence-electron chi connectivity index (χ0n) is 25.6. The summed E-state index contributed by atoms with van der Waals surface area (Å²) in [4.78, 5) is 63.8. The van der Waals surface area contributed by atoms with Crippen LogP contribution in [0.1, 0.15) is 22.9 Å². The summed E-state index contributed by atoms with van der Waals surface area (Å²) < 4.78 is 0. The Morgan fingerprint density at radius 3 is 2.70 bits per heavy atom. The highest BCUT2D eigenvalue weighted by Crippen LogP contribution is 2.41. The van der Waals surface area contributed by atoms with Gasteiger partial charge in [0.15, 0.2) is 22.3 Å². The predicted molar refractivity (Wildman–Crippen MR) is 186 cm³/mol. The van der Waals surface area contributed by atoms with Gasteiger partial charge in [-0.2, -0.15) is 0 Å². The van der Waals surface area contributed by atoms with Crippen molar-refractivity contribution in [3.05, 3.63) is 93.1 Å². The highest BCUT2D eigenvalue weighted by molar-refractivity contribution is 8.00. The number of amides is 2. The van der Waals surface area contributed by atoms with Crippen LogP contribution >= 0.6 is 34.7 Å². The number of aromatic nitrogens is 1. The Hall–Kier alpha value is -5.52. The molecule has 3 unspecified atom stereocenters. The van der Waals surface area contributed by atoms with E-state index in [0.29, 0.717) is 18.7 Å². The summed E-state index contributed by atoms with van der Waals surface area (Å²) in [6.07, 6.45) is 5.73. The van der Waals surface area contributed by atoms with E-state index in [-0.39, 0.29) is 32.9 Å². The smallest absolute Gasteiger partial charge is 0.352 e. The number of aliphatic carboxylic acids is 2. The molecule has 15 nitrogen and oxygen atoms in total. The number of carbonyl (C=O) groups excluding carboxylic acids is 2. The molecule has 50 heavy (non-hydrogen) atoms. The fraction of sp³-hybridized carbons (Fsp3) is 0.188. The molecule has 0 aliphatic carbocycles. The molecule has 258 valence electrons. The third-order valence-corrected chi connectivity index (χ3v) is 10.1. The summed E-state index contributed by atoms with van der Waals surface area (Å²) in [5.74, 6) is -5.68. The first kappa shape index (κ1) is 34.3. The van der Waals surface area contributed by atoms with Gasteiger partial charge in [0, 0.05) is 35.5 Å². The number of allylic oxidation sites excluding steroid dienone is 1. The largest absolute Gasteiger partial charge is 0.504 e. The number of anilines is 2. The number of phenols is 2. The van der Waals surface area contributed by atoms with E-state index >= 15 is 0 Å². The van der Waals surface area contributed by atoms with Crippen LogP contribution in [-0.2, 0) is 24.0 Å². The third kappa shape index (κ3) is 6.70. The highest BCUT2D eigenvalue weighted by Gasteiger charge is 2.54. The lowest BCUT2D eigenvalue weighted by Crippen LogP contribution is -2.71. The van der Waals surface area contributed by atoms with Gasteiger partial charge in [-0.3, -0.25) is 14.5 Å². The number of aromatic hydroxyl groups is 2. The number of oxime groups is 1. The number of nitrogens with two attached hydrogens (primary N) is 1. The van der Waals surface area contributed by atoms with Crippen molar-refractivity contribution in [2.75, 3.05) is 29.5 Å². The molecule has 6 rings (SSSR count). The Balaban J connectivity index is 1.19. The number of hydrogen-bond donors (Lipinski definition) is 6. The predicted octanol–water partition coefficient (Wildman–Crippen LogP) is 3.16. The minimum absolute atomic E-state index is 0.0528. The highest BCUT2D eigenvalue weighted by atomic mass is 35.5. The van der Waals surface area contributed by atoms with Crippen molar-refractivity contribution in [2.45, 2.75) is 17.5 Å². The second-order valence-electron chi connectivity index (χ2n) is 11.0. The van der Waals surface area contributed by atoms with Gasteiger partial charge in [0.1, 0.15) is 22.8 Å². The molecule has 1 saturated heterocycles. The summed E-state index contributed by atoms with van der Waals surface area (Å²) in [6, 6.07) is 8.70. The molecule has 0 spiro atoms. The van der Waals surface area contributed by atoms with Crippen molar-refractivity contribution < 1.29 is 44.4 Å². The molecule has 4 heterocycles. The number of β-lactam (4-membered cyclic amide) rings is 1. The van der Waals surface area contributed by atoms with E-state index in [1.54, 1.807) is 6.08 Å². The Bertz CT molecular complexity index is 2010. The first-order valence-corrected chi connectivity index (χ1v) is 17.0. The van der Waals surface area contributed by atoms with Crippen molar-refractivity contribution in [2.24, 2.45) is 5.16 Å². The van der Waals surface area contributed by atoms with Gasteiger partial charge in [0.25, 0.3) is 11.8 Å². The zero-order chi connectivity index (χ0) is 35.7. The molecule has 7 N–H and O–H groups in total. The standard InChI is InChI=1S/C32H27ClN6O9S2/c33-18-11-17(12-21(40)25(18)41)26(31(46)47)48-37-22(19-14-50-32(34)35-19)27(42)36-23-28(43)39-24(30(44)45)16(13-49-29(23)39)7-4-10-38-9-3-6-15-5-1-2-8-20(15)38/h1-8,11-12,14,23,26,29,40-41H,9-10,13H2,(H2,34,35)(H,36,42)(H,44,45)(H,46,47). The second-order valence-corrected chi connectivity index (χ2v) is 13.4.